The summed E-state index contributed by atoms with van der Waals surface area (Å²) in [5.74, 6) is 0.594. The summed E-state index contributed by atoms with van der Waals surface area (Å²) in [6.07, 6.45) is 9.33. The second kappa shape index (κ2) is 6.13. The Morgan fingerprint density at radius 2 is 2.00 bits per heavy atom. The van der Waals surface area contributed by atoms with Crippen LogP contribution in [0, 0.1) is 5.41 Å². The molecule has 0 aromatic carbocycles. The standard InChI is InChI=1S/C17H25ClN2O/c1-17(2)7-5-14(6-8-17)21-16-15(18)9-12(11-20-16)10-19-13-3-4-13/h9,11,13-14,19H,3-8,10H2,1-2H3. The smallest absolute Gasteiger partial charge is 0.232 e. The van der Waals surface area contributed by atoms with E-state index in [1.165, 1.54) is 25.7 Å². The van der Waals surface area contributed by atoms with Crippen LogP contribution in [0.3, 0.4) is 0 Å². The van der Waals surface area contributed by atoms with E-state index in [4.69, 9.17) is 16.3 Å². The van der Waals surface area contributed by atoms with Gasteiger partial charge >= 0.3 is 0 Å². The van der Waals surface area contributed by atoms with Gasteiger partial charge in [0.25, 0.3) is 0 Å². The van der Waals surface area contributed by atoms with Gasteiger partial charge in [-0.25, -0.2) is 4.98 Å². The summed E-state index contributed by atoms with van der Waals surface area (Å²) >= 11 is 6.32. The molecule has 0 aliphatic heterocycles. The van der Waals surface area contributed by atoms with E-state index in [0.717, 1.165) is 24.9 Å². The van der Waals surface area contributed by atoms with Gasteiger partial charge in [-0.15, -0.1) is 0 Å². The Kier molecular flexibility index (Phi) is 4.41. The van der Waals surface area contributed by atoms with Crippen molar-refractivity contribution in [3.8, 4) is 5.88 Å². The molecule has 3 nitrogen and oxygen atoms in total. The van der Waals surface area contributed by atoms with Crippen molar-refractivity contribution in [3.63, 3.8) is 0 Å². The number of rotatable bonds is 5. The maximum atomic E-state index is 6.32. The van der Waals surface area contributed by atoms with Gasteiger partial charge in [-0.05, 0) is 55.6 Å². The van der Waals surface area contributed by atoms with Crippen LogP contribution >= 0.6 is 11.6 Å². The van der Waals surface area contributed by atoms with Crippen LogP contribution in [-0.2, 0) is 6.54 Å². The van der Waals surface area contributed by atoms with Crippen molar-refractivity contribution in [1.29, 1.82) is 0 Å². The van der Waals surface area contributed by atoms with Gasteiger partial charge < -0.3 is 10.1 Å². The highest BCUT2D eigenvalue weighted by molar-refractivity contribution is 6.31. The first kappa shape index (κ1) is 15.1. The molecule has 0 atom stereocenters. The van der Waals surface area contributed by atoms with Crippen LogP contribution in [0.4, 0.5) is 0 Å². The first-order chi connectivity index (χ1) is 10.0. The van der Waals surface area contributed by atoms with Crippen molar-refractivity contribution >= 4 is 11.6 Å². The third-order valence-electron chi connectivity index (χ3n) is 4.60. The Morgan fingerprint density at radius 1 is 1.29 bits per heavy atom. The summed E-state index contributed by atoms with van der Waals surface area (Å²) in [5, 5.41) is 4.10. The van der Waals surface area contributed by atoms with E-state index in [1.807, 2.05) is 12.3 Å². The van der Waals surface area contributed by atoms with E-state index in [9.17, 15) is 0 Å². The Morgan fingerprint density at radius 3 is 2.62 bits per heavy atom. The summed E-state index contributed by atoms with van der Waals surface area (Å²) < 4.78 is 6.01. The summed E-state index contributed by atoms with van der Waals surface area (Å²) in [5.41, 5.74) is 1.58. The van der Waals surface area contributed by atoms with Crippen molar-refractivity contribution in [1.82, 2.24) is 10.3 Å². The molecule has 2 fully saturated rings. The second-order valence-corrected chi connectivity index (χ2v) is 7.67. The van der Waals surface area contributed by atoms with Crippen molar-refractivity contribution in [2.45, 2.75) is 71.1 Å². The molecule has 0 spiro atoms. The average Bonchev–Trinajstić information content (AvgIpc) is 3.25. The largest absolute Gasteiger partial charge is 0.473 e. The molecular formula is C17H25ClN2O. The van der Waals surface area contributed by atoms with Gasteiger partial charge in [0.05, 0.1) is 0 Å². The SMILES string of the molecule is CC1(C)CCC(Oc2ncc(CNC3CC3)cc2Cl)CC1. The zero-order valence-corrected chi connectivity index (χ0v) is 13.7. The summed E-state index contributed by atoms with van der Waals surface area (Å²) in [4.78, 5) is 4.41. The van der Waals surface area contributed by atoms with E-state index in [0.29, 0.717) is 22.4 Å². The van der Waals surface area contributed by atoms with Crippen LogP contribution in [0.1, 0.15) is 57.9 Å². The number of aromatic nitrogens is 1. The molecule has 2 aliphatic carbocycles. The summed E-state index contributed by atoms with van der Waals surface area (Å²) in [6, 6.07) is 2.68. The Labute approximate surface area is 132 Å². The van der Waals surface area contributed by atoms with Gasteiger partial charge in [-0.3, -0.25) is 0 Å². The molecule has 3 rings (SSSR count). The summed E-state index contributed by atoms with van der Waals surface area (Å²) in [6.45, 7) is 5.50. The minimum atomic E-state index is 0.262. The van der Waals surface area contributed by atoms with Crippen LogP contribution in [0.15, 0.2) is 12.3 Å². The molecule has 116 valence electrons. The van der Waals surface area contributed by atoms with Gasteiger partial charge in [0.2, 0.25) is 5.88 Å². The number of nitrogens with one attached hydrogen (secondary N) is 1. The van der Waals surface area contributed by atoms with Crippen molar-refractivity contribution in [3.05, 3.63) is 22.8 Å². The third kappa shape index (κ3) is 4.33. The summed E-state index contributed by atoms with van der Waals surface area (Å²) in [7, 11) is 0. The van der Waals surface area contributed by atoms with Crippen LogP contribution in [0.25, 0.3) is 0 Å². The van der Waals surface area contributed by atoms with Gasteiger partial charge in [-0.2, -0.15) is 0 Å². The highest BCUT2D eigenvalue weighted by atomic mass is 35.5. The molecule has 0 radical (unpaired) electrons. The van der Waals surface area contributed by atoms with E-state index >= 15 is 0 Å². The highest BCUT2D eigenvalue weighted by Gasteiger charge is 2.28. The molecule has 2 aliphatic rings. The molecule has 1 heterocycles. The molecule has 2 saturated carbocycles. The Balaban J connectivity index is 1.55. The molecule has 21 heavy (non-hydrogen) atoms. The molecule has 4 heteroatoms. The quantitative estimate of drug-likeness (QED) is 0.879. The minimum Gasteiger partial charge on any atom is -0.473 e. The lowest BCUT2D eigenvalue weighted by molar-refractivity contribution is 0.0949. The normalized spacial score (nSPS) is 22.2. The number of ether oxygens (including phenoxy) is 1. The highest BCUT2D eigenvalue weighted by Crippen LogP contribution is 2.37. The monoisotopic (exact) mass is 308 g/mol. The molecule has 1 aromatic heterocycles. The van der Waals surface area contributed by atoms with E-state index in [-0.39, 0.29) is 6.10 Å². The Bertz CT molecular complexity index is 490. The average molecular weight is 309 g/mol. The van der Waals surface area contributed by atoms with Gasteiger partial charge in [-0.1, -0.05) is 25.4 Å². The predicted octanol–water partition coefficient (Wildman–Crippen LogP) is 4.33. The first-order valence-corrected chi connectivity index (χ1v) is 8.44. The van der Waals surface area contributed by atoms with Crippen molar-refractivity contribution in [2.24, 2.45) is 5.41 Å². The molecule has 0 unspecified atom stereocenters. The van der Waals surface area contributed by atoms with Gasteiger partial charge in [0.15, 0.2) is 0 Å². The van der Waals surface area contributed by atoms with E-state index in [1.54, 1.807) is 0 Å². The lowest BCUT2D eigenvalue weighted by Gasteiger charge is -2.34. The molecule has 0 amide bonds. The maximum Gasteiger partial charge on any atom is 0.232 e. The lowest BCUT2D eigenvalue weighted by Crippen LogP contribution is -2.28. The first-order valence-electron chi connectivity index (χ1n) is 8.06. The number of nitrogens with zero attached hydrogens (tertiary/aromatic N) is 1. The van der Waals surface area contributed by atoms with Crippen LogP contribution < -0.4 is 10.1 Å². The van der Waals surface area contributed by atoms with Crippen molar-refractivity contribution < 1.29 is 4.74 Å². The molecule has 0 saturated heterocycles. The van der Waals surface area contributed by atoms with Crippen LogP contribution in [-0.4, -0.2) is 17.1 Å². The Hall–Kier alpha value is -0.800. The second-order valence-electron chi connectivity index (χ2n) is 7.27. The number of halogens is 1. The zero-order chi connectivity index (χ0) is 14.9. The topological polar surface area (TPSA) is 34.1 Å². The van der Waals surface area contributed by atoms with Crippen molar-refractivity contribution in [2.75, 3.05) is 0 Å². The number of hydrogen-bond donors (Lipinski definition) is 1. The molecular weight excluding hydrogens is 284 g/mol. The van der Waals surface area contributed by atoms with E-state index in [2.05, 4.69) is 24.1 Å². The zero-order valence-electron chi connectivity index (χ0n) is 13.0. The molecule has 1 aromatic rings. The maximum absolute atomic E-state index is 6.32. The minimum absolute atomic E-state index is 0.262. The third-order valence-corrected chi connectivity index (χ3v) is 4.87. The lowest BCUT2D eigenvalue weighted by atomic mass is 9.76. The number of pyridine rings is 1. The van der Waals surface area contributed by atoms with E-state index < -0.39 is 0 Å². The fraction of sp³-hybridized carbons (Fsp3) is 0.706. The fourth-order valence-electron chi connectivity index (χ4n) is 2.85. The predicted molar refractivity (Wildman–Crippen MR) is 85.8 cm³/mol. The van der Waals surface area contributed by atoms with Crippen LogP contribution in [0.2, 0.25) is 5.02 Å². The number of hydrogen-bond acceptors (Lipinski definition) is 3. The molecule has 0 bridgehead atoms. The molecule has 1 N–H and O–H groups in total. The van der Waals surface area contributed by atoms with Gasteiger partial charge in [0.1, 0.15) is 11.1 Å². The fourth-order valence-corrected chi connectivity index (χ4v) is 3.08. The van der Waals surface area contributed by atoms with Crippen LogP contribution in [0.5, 0.6) is 5.88 Å². The van der Waals surface area contributed by atoms with Gasteiger partial charge in [0, 0.05) is 18.8 Å².